The summed E-state index contributed by atoms with van der Waals surface area (Å²) in [5.41, 5.74) is 2.69. The number of benzene rings is 2. The molecule has 3 aromatic rings. The predicted molar refractivity (Wildman–Crippen MR) is 107 cm³/mol. The van der Waals surface area contributed by atoms with Crippen molar-refractivity contribution >= 4 is 11.7 Å². The molecular weight excluding hydrogens is 356 g/mol. The lowest BCUT2D eigenvalue weighted by Gasteiger charge is -2.25. The van der Waals surface area contributed by atoms with E-state index < -0.39 is 0 Å². The van der Waals surface area contributed by atoms with Crippen molar-refractivity contribution in [2.24, 2.45) is 0 Å². The molecule has 0 aliphatic rings. The summed E-state index contributed by atoms with van der Waals surface area (Å²) < 4.78 is 10.6. The second kappa shape index (κ2) is 8.56. The van der Waals surface area contributed by atoms with Crippen LogP contribution in [-0.2, 0) is 6.54 Å². The summed E-state index contributed by atoms with van der Waals surface area (Å²) in [6, 6.07) is 14.8. The fraction of sp³-hybridized carbons (Fsp3) is 0.286. The summed E-state index contributed by atoms with van der Waals surface area (Å²) in [6.45, 7) is 6.10. The number of urea groups is 1. The van der Waals surface area contributed by atoms with Crippen LogP contribution in [0, 0.1) is 6.92 Å². The monoisotopic (exact) mass is 380 g/mol. The van der Waals surface area contributed by atoms with Gasteiger partial charge in [-0.3, -0.25) is 0 Å². The van der Waals surface area contributed by atoms with Crippen molar-refractivity contribution in [1.29, 1.82) is 0 Å². The topological polar surface area (TPSA) is 80.5 Å². The van der Waals surface area contributed by atoms with Crippen LogP contribution in [-0.4, -0.2) is 34.2 Å². The van der Waals surface area contributed by atoms with Gasteiger partial charge in [-0.1, -0.05) is 41.1 Å². The Morgan fingerprint density at radius 3 is 2.64 bits per heavy atom. The Balaban J connectivity index is 1.72. The lowest BCUT2D eigenvalue weighted by atomic mass is 10.1. The fourth-order valence-electron chi connectivity index (χ4n) is 2.67. The number of hydrogen-bond donors (Lipinski definition) is 1. The van der Waals surface area contributed by atoms with Crippen molar-refractivity contribution in [3.8, 4) is 17.1 Å². The second-order valence-electron chi connectivity index (χ2n) is 6.76. The first-order valence-corrected chi connectivity index (χ1v) is 9.07. The van der Waals surface area contributed by atoms with E-state index in [1.54, 1.807) is 24.1 Å². The number of nitrogens with one attached hydrogen (secondary N) is 1. The molecule has 1 heterocycles. The molecule has 0 saturated heterocycles. The largest absolute Gasteiger partial charge is 0.497 e. The molecule has 0 atom stereocenters. The van der Waals surface area contributed by atoms with Crippen LogP contribution >= 0.6 is 0 Å². The molecule has 0 radical (unpaired) electrons. The van der Waals surface area contributed by atoms with Gasteiger partial charge >= 0.3 is 6.03 Å². The summed E-state index contributed by atoms with van der Waals surface area (Å²) in [6.07, 6.45) is 0. The van der Waals surface area contributed by atoms with E-state index in [4.69, 9.17) is 9.26 Å². The summed E-state index contributed by atoms with van der Waals surface area (Å²) in [4.78, 5) is 18.8. The smallest absolute Gasteiger partial charge is 0.322 e. The summed E-state index contributed by atoms with van der Waals surface area (Å²) in [7, 11) is 1.59. The minimum atomic E-state index is -0.252. The molecular formula is C21H24N4O3. The van der Waals surface area contributed by atoms with Crippen LogP contribution in [0.3, 0.4) is 0 Å². The van der Waals surface area contributed by atoms with Gasteiger partial charge in [0.05, 0.1) is 7.11 Å². The highest BCUT2D eigenvalue weighted by Gasteiger charge is 2.21. The Bertz CT molecular complexity index is 935. The van der Waals surface area contributed by atoms with E-state index in [1.807, 2.05) is 57.2 Å². The zero-order valence-corrected chi connectivity index (χ0v) is 16.5. The van der Waals surface area contributed by atoms with Crippen LogP contribution in [0.25, 0.3) is 11.4 Å². The third kappa shape index (κ3) is 4.68. The number of amides is 2. The molecule has 2 amide bonds. The van der Waals surface area contributed by atoms with Crippen molar-refractivity contribution < 1.29 is 14.1 Å². The highest BCUT2D eigenvalue weighted by molar-refractivity contribution is 5.89. The average Bonchev–Trinajstić information content (AvgIpc) is 3.15. The van der Waals surface area contributed by atoms with Gasteiger partial charge in [0.2, 0.25) is 11.7 Å². The van der Waals surface area contributed by atoms with E-state index in [0.29, 0.717) is 23.2 Å². The van der Waals surface area contributed by atoms with E-state index in [1.165, 1.54) is 0 Å². The van der Waals surface area contributed by atoms with Crippen molar-refractivity contribution in [1.82, 2.24) is 15.0 Å². The quantitative estimate of drug-likeness (QED) is 0.681. The van der Waals surface area contributed by atoms with Crippen molar-refractivity contribution in [3.63, 3.8) is 0 Å². The highest BCUT2D eigenvalue weighted by atomic mass is 16.5. The number of rotatable bonds is 6. The first-order chi connectivity index (χ1) is 13.5. The lowest BCUT2D eigenvalue weighted by Crippen LogP contribution is -2.39. The number of carbonyl (C=O) groups is 1. The molecule has 0 bridgehead atoms. The Labute approximate surface area is 164 Å². The minimum absolute atomic E-state index is 0.0552. The minimum Gasteiger partial charge on any atom is -0.497 e. The molecule has 0 unspecified atom stereocenters. The Hall–Kier alpha value is -3.35. The number of aromatic nitrogens is 2. The van der Waals surface area contributed by atoms with E-state index >= 15 is 0 Å². The van der Waals surface area contributed by atoms with Crippen LogP contribution in [0.2, 0.25) is 0 Å². The van der Waals surface area contributed by atoms with Gasteiger partial charge in [0, 0.05) is 23.4 Å². The second-order valence-corrected chi connectivity index (χ2v) is 6.76. The van der Waals surface area contributed by atoms with Crippen LogP contribution < -0.4 is 10.1 Å². The van der Waals surface area contributed by atoms with E-state index in [-0.39, 0.29) is 18.6 Å². The molecule has 7 heteroatoms. The number of ether oxygens (including phenoxy) is 1. The zero-order valence-electron chi connectivity index (χ0n) is 16.5. The third-order valence-electron chi connectivity index (χ3n) is 4.29. The highest BCUT2D eigenvalue weighted by Crippen LogP contribution is 2.20. The maximum Gasteiger partial charge on any atom is 0.322 e. The van der Waals surface area contributed by atoms with Gasteiger partial charge in [-0.2, -0.15) is 4.98 Å². The maximum atomic E-state index is 12.8. The molecule has 0 aliphatic carbocycles. The number of aryl methyl sites for hydroxylation is 1. The fourth-order valence-corrected chi connectivity index (χ4v) is 2.67. The predicted octanol–water partition coefficient (Wildman–Crippen LogP) is 4.50. The average molecular weight is 380 g/mol. The van der Waals surface area contributed by atoms with E-state index in [9.17, 15) is 4.79 Å². The molecule has 146 valence electrons. The Morgan fingerprint density at radius 1 is 1.21 bits per heavy atom. The Kier molecular flexibility index (Phi) is 5.93. The number of anilines is 1. The van der Waals surface area contributed by atoms with Crippen LogP contribution in [0.15, 0.2) is 53.1 Å². The third-order valence-corrected chi connectivity index (χ3v) is 4.29. The summed E-state index contributed by atoms with van der Waals surface area (Å²) >= 11 is 0. The zero-order chi connectivity index (χ0) is 20.1. The molecule has 28 heavy (non-hydrogen) atoms. The van der Waals surface area contributed by atoms with Crippen molar-refractivity contribution in [2.45, 2.75) is 33.4 Å². The van der Waals surface area contributed by atoms with Gasteiger partial charge in [0.1, 0.15) is 12.3 Å². The molecule has 1 aromatic heterocycles. The maximum absolute atomic E-state index is 12.8. The van der Waals surface area contributed by atoms with Gasteiger partial charge in [0.25, 0.3) is 0 Å². The SMILES string of the molecule is COc1cccc(NC(=O)N(Cc2nc(-c3ccc(C)cc3)no2)C(C)C)c1. The first kappa shape index (κ1) is 19.4. The number of hydrogen-bond acceptors (Lipinski definition) is 5. The van der Waals surface area contributed by atoms with Crippen LogP contribution in [0.4, 0.5) is 10.5 Å². The molecule has 7 nitrogen and oxygen atoms in total. The van der Waals surface area contributed by atoms with Gasteiger partial charge in [-0.25, -0.2) is 4.79 Å². The number of nitrogens with zero attached hydrogens (tertiary/aromatic N) is 3. The molecule has 0 aliphatic heterocycles. The van der Waals surface area contributed by atoms with Crippen LogP contribution in [0.1, 0.15) is 25.3 Å². The molecule has 0 fully saturated rings. The van der Waals surface area contributed by atoms with Gasteiger partial charge in [0.15, 0.2) is 0 Å². The van der Waals surface area contributed by atoms with Gasteiger partial charge in [-0.05, 0) is 32.9 Å². The van der Waals surface area contributed by atoms with Gasteiger partial charge < -0.3 is 19.5 Å². The van der Waals surface area contributed by atoms with Gasteiger partial charge in [-0.15, -0.1) is 0 Å². The Morgan fingerprint density at radius 2 is 1.96 bits per heavy atom. The summed E-state index contributed by atoms with van der Waals surface area (Å²) in [5, 5.41) is 6.91. The first-order valence-electron chi connectivity index (χ1n) is 9.07. The number of methoxy groups -OCH3 is 1. The van der Waals surface area contributed by atoms with E-state index in [2.05, 4.69) is 15.5 Å². The normalized spacial score (nSPS) is 10.8. The van der Waals surface area contributed by atoms with Crippen molar-refractivity contribution in [2.75, 3.05) is 12.4 Å². The molecule has 2 aromatic carbocycles. The van der Waals surface area contributed by atoms with Crippen molar-refractivity contribution in [3.05, 3.63) is 60.0 Å². The lowest BCUT2D eigenvalue weighted by molar-refractivity contribution is 0.182. The van der Waals surface area contributed by atoms with E-state index in [0.717, 1.165) is 11.1 Å². The molecule has 3 rings (SSSR count). The molecule has 0 saturated carbocycles. The number of carbonyl (C=O) groups excluding carboxylic acids is 1. The standard InChI is InChI=1S/C21H24N4O3/c1-14(2)25(21(26)22-17-6-5-7-18(12-17)27-4)13-19-23-20(24-28-19)16-10-8-15(3)9-11-16/h5-12,14H,13H2,1-4H3,(H,22,26). The van der Waals surface area contributed by atoms with Crippen LogP contribution in [0.5, 0.6) is 5.75 Å². The summed E-state index contributed by atoms with van der Waals surface area (Å²) in [5.74, 6) is 1.56. The molecule has 1 N–H and O–H groups in total. The molecule has 0 spiro atoms.